The molecule has 2 aromatic carbocycles. The third-order valence-corrected chi connectivity index (χ3v) is 3.45. The van der Waals surface area contributed by atoms with Gasteiger partial charge in [-0.15, -0.1) is 0 Å². The average molecular weight is 265 g/mol. The Morgan fingerprint density at radius 1 is 0.950 bits per heavy atom. The molecule has 102 valence electrons. The van der Waals surface area contributed by atoms with E-state index < -0.39 is 0 Å². The van der Waals surface area contributed by atoms with Crippen LogP contribution in [0.25, 0.3) is 0 Å². The summed E-state index contributed by atoms with van der Waals surface area (Å²) in [5.74, 6) is 0. The second-order valence-corrected chi connectivity index (χ2v) is 4.99. The Morgan fingerprint density at radius 2 is 1.65 bits per heavy atom. The van der Waals surface area contributed by atoms with Crippen LogP contribution in [0.5, 0.6) is 0 Å². The van der Waals surface area contributed by atoms with Gasteiger partial charge in [0.1, 0.15) is 0 Å². The summed E-state index contributed by atoms with van der Waals surface area (Å²) in [5.41, 5.74) is 2.57. The van der Waals surface area contributed by atoms with Gasteiger partial charge in [-0.3, -0.25) is 4.99 Å². The minimum absolute atomic E-state index is 0.877. The molecule has 0 spiro atoms. The van der Waals surface area contributed by atoms with Crippen LogP contribution in [0.2, 0.25) is 0 Å². The minimum Gasteiger partial charge on any atom is -0.349 e. The van der Waals surface area contributed by atoms with Crippen LogP contribution >= 0.6 is 0 Å². The van der Waals surface area contributed by atoms with Crippen LogP contribution in [0.1, 0.15) is 5.56 Å². The van der Waals surface area contributed by atoms with E-state index in [0.717, 1.165) is 26.3 Å². The molecule has 0 amide bonds. The monoisotopic (exact) mass is 265 g/mol. The van der Waals surface area contributed by atoms with Gasteiger partial charge in [-0.05, 0) is 17.7 Å². The van der Waals surface area contributed by atoms with Gasteiger partial charge in [-0.25, -0.2) is 0 Å². The largest absolute Gasteiger partial charge is 0.349 e. The van der Waals surface area contributed by atoms with E-state index >= 15 is 0 Å². The quantitative estimate of drug-likeness (QED) is 0.827. The second kappa shape index (κ2) is 6.24. The highest BCUT2D eigenvalue weighted by atomic mass is 15.3. The topological polar surface area (TPSA) is 18.8 Å². The van der Waals surface area contributed by atoms with Crippen LogP contribution in [0.15, 0.2) is 65.7 Å². The van der Waals surface area contributed by atoms with Crippen molar-refractivity contribution >= 4 is 12.0 Å². The Balaban J connectivity index is 1.77. The van der Waals surface area contributed by atoms with Crippen molar-refractivity contribution in [2.45, 2.75) is 6.54 Å². The van der Waals surface area contributed by atoms with Gasteiger partial charge in [-0.2, -0.15) is 0 Å². The molecule has 1 aliphatic rings. The fourth-order valence-electron chi connectivity index (χ4n) is 2.41. The minimum atomic E-state index is 0.877. The molecular formula is C17H19N3. The summed E-state index contributed by atoms with van der Waals surface area (Å²) in [4.78, 5) is 8.93. The molecule has 1 heterocycles. The van der Waals surface area contributed by atoms with Crippen LogP contribution in [-0.4, -0.2) is 31.0 Å². The lowest BCUT2D eigenvalue weighted by molar-refractivity contribution is 0.455. The number of hydrogen-bond acceptors (Lipinski definition) is 3. The van der Waals surface area contributed by atoms with Crippen LogP contribution in [0, 0.1) is 0 Å². The Bertz CT molecular complexity index is 551. The summed E-state index contributed by atoms with van der Waals surface area (Å²) in [6.45, 7) is 3.71. The highest BCUT2D eigenvalue weighted by Crippen LogP contribution is 2.17. The van der Waals surface area contributed by atoms with Crippen molar-refractivity contribution in [2.24, 2.45) is 4.99 Å². The van der Waals surface area contributed by atoms with Crippen LogP contribution < -0.4 is 4.90 Å². The van der Waals surface area contributed by atoms with Gasteiger partial charge in [0, 0.05) is 18.8 Å². The molecule has 0 radical (unpaired) electrons. The SMILES string of the molecule is C1=NCCN1CN(Cc1ccccc1)c1ccccc1. The summed E-state index contributed by atoms with van der Waals surface area (Å²) in [6, 6.07) is 21.2. The smallest absolute Gasteiger partial charge is 0.0915 e. The van der Waals surface area contributed by atoms with E-state index in [4.69, 9.17) is 0 Å². The molecule has 0 saturated carbocycles. The number of nitrogens with zero attached hydrogens (tertiary/aromatic N) is 3. The first-order valence-corrected chi connectivity index (χ1v) is 7.00. The fourth-order valence-corrected chi connectivity index (χ4v) is 2.41. The molecule has 2 aromatic rings. The van der Waals surface area contributed by atoms with Crippen molar-refractivity contribution < 1.29 is 0 Å². The van der Waals surface area contributed by atoms with Gasteiger partial charge in [0.05, 0.1) is 19.6 Å². The van der Waals surface area contributed by atoms with Crippen LogP contribution in [-0.2, 0) is 6.54 Å². The van der Waals surface area contributed by atoms with Crippen molar-refractivity contribution in [1.29, 1.82) is 0 Å². The molecule has 20 heavy (non-hydrogen) atoms. The molecule has 0 unspecified atom stereocenters. The molecule has 0 aromatic heterocycles. The lowest BCUT2D eigenvalue weighted by Gasteiger charge is -2.29. The van der Waals surface area contributed by atoms with E-state index in [1.165, 1.54) is 11.3 Å². The molecule has 0 bridgehead atoms. The summed E-state index contributed by atoms with van der Waals surface area (Å²) in [5, 5.41) is 0. The van der Waals surface area contributed by atoms with E-state index in [1.807, 2.05) is 6.34 Å². The predicted molar refractivity (Wildman–Crippen MR) is 84.0 cm³/mol. The molecular weight excluding hydrogens is 246 g/mol. The fraction of sp³-hybridized carbons (Fsp3) is 0.235. The van der Waals surface area contributed by atoms with E-state index in [1.54, 1.807) is 0 Å². The molecule has 0 fully saturated rings. The van der Waals surface area contributed by atoms with Gasteiger partial charge in [0.2, 0.25) is 0 Å². The maximum absolute atomic E-state index is 4.29. The molecule has 0 aliphatic carbocycles. The summed E-state index contributed by atoms with van der Waals surface area (Å²) in [6.07, 6.45) is 1.96. The Morgan fingerprint density at radius 3 is 2.30 bits per heavy atom. The van der Waals surface area contributed by atoms with Crippen molar-refractivity contribution in [1.82, 2.24) is 4.90 Å². The molecule has 0 saturated heterocycles. The normalized spacial score (nSPS) is 13.7. The number of aliphatic imine (C=N–C) groups is 1. The Labute approximate surface area is 120 Å². The first-order chi connectivity index (χ1) is 9.92. The van der Waals surface area contributed by atoms with Crippen LogP contribution in [0.4, 0.5) is 5.69 Å². The van der Waals surface area contributed by atoms with Crippen molar-refractivity contribution in [2.75, 3.05) is 24.7 Å². The summed E-state index contributed by atoms with van der Waals surface area (Å²) in [7, 11) is 0. The summed E-state index contributed by atoms with van der Waals surface area (Å²) < 4.78 is 0. The molecule has 3 heteroatoms. The zero-order valence-electron chi connectivity index (χ0n) is 11.5. The number of anilines is 1. The lowest BCUT2D eigenvalue weighted by Crippen LogP contribution is -2.36. The number of benzene rings is 2. The number of rotatable bonds is 5. The zero-order valence-corrected chi connectivity index (χ0v) is 11.5. The molecule has 1 aliphatic heterocycles. The van der Waals surface area contributed by atoms with Gasteiger partial charge in [-0.1, -0.05) is 48.5 Å². The highest BCUT2D eigenvalue weighted by Gasteiger charge is 2.12. The number of hydrogen-bond donors (Lipinski definition) is 0. The van der Waals surface area contributed by atoms with E-state index in [0.29, 0.717) is 0 Å². The predicted octanol–water partition coefficient (Wildman–Crippen LogP) is 2.99. The van der Waals surface area contributed by atoms with E-state index in [2.05, 4.69) is 75.5 Å². The molecule has 3 rings (SSSR count). The number of para-hydroxylation sites is 1. The van der Waals surface area contributed by atoms with Gasteiger partial charge >= 0.3 is 0 Å². The van der Waals surface area contributed by atoms with Crippen molar-refractivity contribution in [3.05, 3.63) is 66.2 Å². The zero-order chi connectivity index (χ0) is 13.6. The van der Waals surface area contributed by atoms with Gasteiger partial charge in [0.25, 0.3) is 0 Å². The summed E-state index contributed by atoms with van der Waals surface area (Å²) >= 11 is 0. The van der Waals surface area contributed by atoms with Gasteiger partial charge < -0.3 is 9.80 Å². The third kappa shape index (κ3) is 3.18. The van der Waals surface area contributed by atoms with E-state index in [-0.39, 0.29) is 0 Å². The van der Waals surface area contributed by atoms with Crippen molar-refractivity contribution in [3.8, 4) is 0 Å². The van der Waals surface area contributed by atoms with Crippen LogP contribution in [0.3, 0.4) is 0 Å². The molecule has 0 atom stereocenters. The first kappa shape index (κ1) is 12.7. The maximum Gasteiger partial charge on any atom is 0.0915 e. The Kier molecular flexibility index (Phi) is 3.97. The highest BCUT2D eigenvalue weighted by molar-refractivity contribution is 5.58. The van der Waals surface area contributed by atoms with E-state index in [9.17, 15) is 0 Å². The van der Waals surface area contributed by atoms with Crippen molar-refractivity contribution in [3.63, 3.8) is 0 Å². The van der Waals surface area contributed by atoms with Gasteiger partial charge in [0.15, 0.2) is 0 Å². The average Bonchev–Trinajstić information content (AvgIpc) is 3.02. The molecule has 0 N–H and O–H groups in total. The second-order valence-electron chi connectivity index (χ2n) is 4.99. The lowest BCUT2D eigenvalue weighted by atomic mass is 10.2. The maximum atomic E-state index is 4.29. The first-order valence-electron chi connectivity index (χ1n) is 7.00. The molecule has 3 nitrogen and oxygen atoms in total. The third-order valence-electron chi connectivity index (χ3n) is 3.45. The standard InChI is InChI=1S/C17H19N3/c1-3-7-16(8-4-1)13-20(15-19-12-11-18-14-19)17-9-5-2-6-10-17/h1-10,14H,11-13,15H2. The Hall–Kier alpha value is -2.29.